The average Bonchev–Trinajstić information content (AvgIpc) is 2.43. The highest BCUT2D eigenvalue weighted by Gasteiger charge is 2.32. The monoisotopic (exact) mass is 310 g/mol. The van der Waals surface area contributed by atoms with E-state index in [1.54, 1.807) is 4.90 Å². The van der Waals surface area contributed by atoms with Gasteiger partial charge < -0.3 is 10.1 Å². The van der Waals surface area contributed by atoms with Crippen LogP contribution in [0.2, 0.25) is 0 Å². The fourth-order valence-electron chi connectivity index (χ4n) is 2.35. The summed E-state index contributed by atoms with van der Waals surface area (Å²) in [4.78, 5) is 1.70. The van der Waals surface area contributed by atoms with Gasteiger partial charge in [-0.3, -0.25) is 4.90 Å². The Kier molecular flexibility index (Phi) is 5.00. The zero-order valence-corrected chi connectivity index (χ0v) is 11.1. The zero-order valence-electron chi connectivity index (χ0n) is 11.1. The summed E-state index contributed by atoms with van der Waals surface area (Å²) in [7, 11) is 0. The number of rotatable bonds is 4. The molecule has 21 heavy (non-hydrogen) atoms. The molecular weight excluding hydrogens is 295 g/mol. The summed E-state index contributed by atoms with van der Waals surface area (Å²) in [6.45, 7) is 1.36. The van der Waals surface area contributed by atoms with Crippen molar-refractivity contribution in [2.75, 3.05) is 32.9 Å². The second-order valence-electron chi connectivity index (χ2n) is 4.69. The van der Waals surface area contributed by atoms with Crippen LogP contribution in [0.3, 0.4) is 0 Å². The first kappa shape index (κ1) is 16.0. The number of hydrogen-bond donors (Lipinski definition) is 1. The van der Waals surface area contributed by atoms with Gasteiger partial charge in [-0.25, -0.2) is 8.78 Å². The standard InChI is InChI=1S/C13H15F5N2O/c14-8-12(20-5-3-19-4-6-20)10-7-9(1-2-11(10)15)21-13(16,17)18/h1-2,7,12,19H,3-6,8H2/t12-/m0/s1. The van der Waals surface area contributed by atoms with Crippen LogP contribution in [0.15, 0.2) is 18.2 Å². The number of hydrogen-bond acceptors (Lipinski definition) is 3. The van der Waals surface area contributed by atoms with E-state index in [4.69, 9.17) is 0 Å². The second kappa shape index (κ2) is 6.57. The number of ether oxygens (including phenoxy) is 1. The van der Waals surface area contributed by atoms with Gasteiger partial charge in [-0.05, 0) is 18.2 Å². The predicted octanol–water partition coefficient (Wildman–Crippen LogP) is 2.64. The lowest BCUT2D eigenvalue weighted by Gasteiger charge is -2.33. The van der Waals surface area contributed by atoms with Crippen molar-refractivity contribution in [3.63, 3.8) is 0 Å². The Bertz CT molecular complexity index is 474. The minimum Gasteiger partial charge on any atom is -0.406 e. The first-order valence-electron chi connectivity index (χ1n) is 6.46. The Morgan fingerprint density at radius 1 is 1.24 bits per heavy atom. The first-order chi connectivity index (χ1) is 9.90. The van der Waals surface area contributed by atoms with Crippen LogP contribution in [0.25, 0.3) is 0 Å². The van der Waals surface area contributed by atoms with Crippen LogP contribution in [0.5, 0.6) is 5.75 Å². The van der Waals surface area contributed by atoms with E-state index in [0.29, 0.717) is 26.2 Å². The number of nitrogens with zero attached hydrogens (tertiary/aromatic N) is 1. The molecule has 0 aromatic heterocycles. The lowest BCUT2D eigenvalue weighted by molar-refractivity contribution is -0.274. The van der Waals surface area contributed by atoms with Gasteiger partial charge in [0.25, 0.3) is 0 Å². The Balaban J connectivity index is 2.24. The van der Waals surface area contributed by atoms with Crippen molar-refractivity contribution in [1.82, 2.24) is 10.2 Å². The van der Waals surface area contributed by atoms with E-state index >= 15 is 0 Å². The van der Waals surface area contributed by atoms with Gasteiger partial charge in [0.2, 0.25) is 0 Å². The highest BCUT2D eigenvalue weighted by Crippen LogP contribution is 2.30. The molecular formula is C13H15F5N2O. The van der Waals surface area contributed by atoms with Crippen molar-refractivity contribution >= 4 is 0 Å². The minimum atomic E-state index is -4.87. The molecule has 0 spiro atoms. The summed E-state index contributed by atoms with van der Waals surface area (Å²) >= 11 is 0. The number of halogens is 5. The quantitative estimate of drug-likeness (QED) is 0.865. The van der Waals surface area contributed by atoms with Crippen molar-refractivity contribution in [2.45, 2.75) is 12.4 Å². The van der Waals surface area contributed by atoms with Crippen LogP contribution in [-0.4, -0.2) is 44.1 Å². The fourth-order valence-corrected chi connectivity index (χ4v) is 2.35. The second-order valence-corrected chi connectivity index (χ2v) is 4.69. The maximum absolute atomic E-state index is 13.8. The number of benzene rings is 1. The normalized spacial score (nSPS) is 18.5. The van der Waals surface area contributed by atoms with Gasteiger partial charge in [0.15, 0.2) is 0 Å². The van der Waals surface area contributed by atoms with E-state index in [-0.39, 0.29) is 5.56 Å². The Morgan fingerprint density at radius 2 is 1.90 bits per heavy atom. The van der Waals surface area contributed by atoms with E-state index in [1.165, 1.54) is 0 Å². The Hall–Kier alpha value is -1.41. The highest BCUT2D eigenvalue weighted by atomic mass is 19.4. The molecule has 1 aliphatic rings. The molecule has 3 nitrogen and oxygen atoms in total. The summed E-state index contributed by atoms with van der Waals surface area (Å²) in [5.74, 6) is -1.29. The molecule has 1 aromatic carbocycles. The maximum atomic E-state index is 13.8. The molecule has 0 amide bonds. The van der Waals surface area contributed by atoms with Crippen molar-refractivity contribution in [3.8, 4) is 5.75 Å². The van der Waals surface area contributed by atoms with Crippen LogP contribution in [-0.2, 0) is 0 Å². The molecule has 0 unspecified atom stereocenters. The van der Waals surface area contributed by atoms with Crippen molar-refractivity contribution in [3.05, 3.63) is 29.6 Å². The van der Waals surface area contributed by atoms with Gasteiger partial charge in [0, 0.05) is 31.7 Å². The number of nitrogens with one attached hydrogen (secondary N) is 1. The van der Waals surface area contributed by atoms with Gasteiger partial charge in [0.05, 0.1) is 6.04 Å². The summed E-state index contributed by atoms with van der Waals surface area (Å²) in [6, 6.07) is 1.74. The lowest BCUT2D eigenvalue weighted by atomic mass is 10.0. The van der Waals surface area contributed by atoms with E-state index in [1.807, 2.05) is 0 Å². The topological polar surface area (TPSA) is 24.5 Å². The summed E-state index contributed by atoms with van der Waals surface area (Å²) in [6.07, 6.45) is -4.87. The molecule has 8 heteroatoms. The summed E-state index contributed by atoms with van der Waals surface area (Å²) in [5, 5.41) is 3.07. The average molecular weight is 310 g/mol. The molecule has 1 heterocycles. The third-order valence-electron chi connectivity index (χ3n) is 3.30. The molecule has 1 aliphatic heterocycles. The summed E-state index contributed by atoms with van der Waals surface area (Å²) < 4.78 is 67.5. The van der Waals surface area contributed by atoms with Crippen LogP contribution >= 0.6 is 0 Å². The molecule has 1 N–H and O–H groups in total. The smallest absolute Gasteiger partial charge is 0.406 e. The molecule has 1 atom stereocenters. The molecule has 0 aliphatic carbocycles. The van der Waals surface area contributed by atoms with E-state index in [0.717, 1.165) is 18.2 Å². The van der Waals surface area contributed by atoms with Gasteiger partial charge in [-0.1, -0.05) is 0 Å². The fraction of sp³-hybridized carbons (Fsp3) is 0.538. The zero-order chi connectivity index (χ0) is 15.5. The largest absolute Gasteiger partial charge is 0.573 e. The van der Waals surface area contributed by atoms with Gasteiger partial charge >= 0.3 is 6.36 Å². The third kappa shape index (κ3) is 4.28. The van der Waals surface area contributed by atoms with E-state index in [9.17, 15) is 22.0 Å². The SMILES string of the molecule is FC[C@@H](c1cc(OC(F)(F)F)ccc1F)N1CCNCC1. The van der Waals surface area contributed by atoms with E-state index in [2.05, 4.69) is 10.1 Å². The third-order valence-corrected chi connectivity index (χ3v) is 3.30. The maximum Gasteiger partial charge on any atom is 0.573 e. The molecule has 1 aromatic rings. The molecule has 118 valence electrons. The van der Waals surface area contributed by atoms with Gasteiger partial charge in [-0.2, -0.15) is 0 Å². The molecule has 0 bridgehead atoms. The number of alkyl halides is 4. The Morgan fingerprint density at radius 3 is 2.48 bits per heavy atom. The lowest BCUT2D eigenvalue weighted by Crippen LogP contribution is -2.45. The molecule has 0 saturated carbocycles. The van der Waals surface area contributed by atoms with Crippen LogP contribution in [0.1, 0.15) is 11.6 Å². The highest BCUT2D eigenvalue weighted by molar-refractivity contribution is 5.32. The molecule has 1 fully saturated rings. The van der Waals surface area contributed by atoms with Crippen molar-refractivity contribution < 1.29 is 26.7 Å². The van der Waals surface area contributed by atoms with Gasteiger partial charge in [0.1, 0.15) is 18.2 Å². The molecule has 1 saturated heterocycles. The van der Waals surface area contributed by atoms with E-state index < -0.39 is 30.6 Å². The van der Waals surface area contributed by atoms with Crippen molar-refractivity contribution in [2.24, 2.45) is 0 Å². The van der Waals surface area contributed by atoms with Crippen LogP contribution in [0, 0.1) is 5.82 Å². The minimum absolute atomic E-state index is 0.124. The summed E-state index contributed by atoms with van der Waals surface area (Å²) in [5.41, 5.74) is -0.124. The van der Waals surface area contributed by atoms with Gasteiger partial charge in [-0.15, -0.1) is 13.2 Å². The van der Waals surface area contributed by atoms with Crippen LogP contribution in [0.4, 0.5) is 22.0 Å². The predicted molar refractivity (Wildman–Crippen MR) is 66.2 cm³/mol. The first-order valence-corrected chi connectivity index (χ1v) is 6.46. The molecule has 2 rings (SSSR count). The van der Waals surface area contributed by atoms with Crippen molar-refractivity contribution in [1.29, 1.82) is 0 Å². The molecule has 0 radical (unpaired) electrons. The number of piperazine rings is 1. The van der Waals surface area contributed by atoms with Crippen LogP contribution < -0.4 is 10.1 Å². The Labute approximate surface area is 118 Å².